The summed E-state index contributed by atoms with van der Waals surface area (Å²) in [5.74, 6) is 5.81. The van der Waals surface area contributed by atoms with Gasteiger partial charge in [-0.1, -0.05) is 0 Å². The van der Waals surface area contributed by atoms with Crippen LogP contribution < -0.4 is 0 Å². The molecule has 0 saturated carbocycles. The third-order valence-electron chi connectivity index (χ3n) is 2.18. The Morgan fingerprint density at radius 2 is 2.21 bits per heavy atom. The van der Waals surface area contributed by atoms with E-state index in [0.717, 1.165) is 11.3 Å². The molecule has 2 heteroatoms. The van der Waals surface area contributed by atoms with E-state index in [4.69, 9.17) is 0 Å². The number of rotatable bonds is 3. The molecule has 0 fully saturated rings. The normalized spacial score (nSPS) is 14.3. The van der Waals surface area contributed by atoms with Crippen LogP contribution in [0.3, 0.4) is 0 Å². The average Bonchev–Trinajstić information content (AvgIpc) is 2.53. The number of thiophene rings is 1. The van der Waals surface area contributed by atoms with Crippen molar-refractivity contribution in [2.24, 2.45) is 0 Å². The molecular weight excluding hydrogens is 192 g/mol. The lowest BCUT2D eigenvalue weighted by atomic mass is 9.98. The SMILES string of the molecule is CC#CCCC(C)(O)c1ccc(C)s1. The van der Waals surface area contributed by atoms with Gasteiger partial charge in [0.15, 0.2) is 0 Å². The summed E-state index contributed by atoms with van der Waals surface area (Å²) in [5.41, 5.74) is -0.719. The molecule has 14 heavy (non-hydrogen) atoms. The summed E-state index contributed by atoms with van der Waals surface area (Å²) < 4.78 is 0. The quantitative estimate of drug-likeness (QED) is 0.757. The van der Waals surface area contributed by atoms with Crippen LogP contribution in [0.4, 0.5) is 0 Å². The summed E-state index contributed by atoms with van der Waals surface area (Å²) in [4.78, 5) is 2.27. The summed E-state index contributed by atoms with van der Waals surface area (Å²) in [7, 11) is 0. The Morgan fingerprint density at radius 3 is 2.71 bits per heavy atom. The van der Waals surface area contributed by atoms with E-state index in [1.54, 1.807) is 11.3 Å². The molecule has 1 aromatic rings. The monoisotopic (exact) mass is 208 g/mol. The lowest BCUT2D eigenvalue weighted by Crippen LogP contribution is -2.18. The van der Waals surface area contributed by atoms with Crippen molar-refractivity contribution in [2.75, 3.05) is 0 Å². The van der Waals surface area contributed by atoms with Gasteiger partial charge >= 0.3 is 0 Å². The first-order chi connectivity index (χ1) is 6.56. The van der Waals surface area contributed by atoms with Crippen LogP contribution in [-0.4, -0.2) is 5.11 Å². The molecule has 1 unspecified atom stereocenters. The smallest absolute Gasteiger partial charge is 0.0969 e. The molecule has 0 bridgehead atoms. The van der Waals surface area contributed by atoms with Gasteiger partial charge < -0.3 is 5.11 Å². The van der Waals surface area contributed by atoms with Crippen LogP contribution in [0.5, 0.6) is 0 Å². The first kappa shape index (κ1) is 11.3. The van der Waals surface area contributed by atoms with E-state index in [1.165, 1.54) is 4.88 Å². The van der Waals surface area contributed by atoms with Gasteiger partial charge in [-0.15, -0.1) is 23.2 Å². The van der Waals surface area contributed by atoms with Crippen molar-refractivity contribution < 1.29 is 5.11 Å². The highest BCUT2D eigenvalue weighted by molar-refractivity contribution is 7.12. The summed E-state index contributed by atoms with van der Waals surface area (Å²) in [6.07, 6.45) is 1.45. The van der Waals surface area contributed by atoms with Crippen LogP contribution in [0.25, 0.3) is 0 Å². The van der Waals surface area contributed by atoms with Gasteiger partial charge in [-0.3, -0.25) is 0 Å². The van der Waals surface area contributed by atoms with Crippen molar-refractivity contribution in [3.05, 3.63) is 21.9 Å². The van der Waals surface area contributed by atoms with E-state index in [0.29, 0.717) is 6.42 Å². The average molecular weight is 208 g/mol. The Kier molecular flexibility index (Phi) is 3.74. The molecule has 1 nitrogen and oxygen atoms in total. The second kappa shape index (κ2) is 4.63. The van der Waals surface area contributed by atoms with E-state index >= 15 is 0 Å². The minimum atomic E-state index is -0.719. The van der Waals surface area contributed by atoms with Crippen LogP contribution in [-0.2, 0) is 5.60 Å². The van der Waals surface area contributed by atoms with Gasteiger partial charge in [-0.2, -0.15) is 0 Å². The lowest BCUT2D eigenvalue weighted by Gasteiger charge is -2.20. The maximum Gasteiger partial charge on any atom is 0.0969 e. The maximum absolute atomic E-state index is 10.2. The van der Waals surface area contributed by atoms with Crippen LogP contribution in [0, 0.1) is 18.8 Å². The van der Waals surface area contributed by atoms with E-state index < -0.39 is 5.60 Å². The van der Waals surface area contributed by atoms with Crippen molar-refractivity contribution in [3.63, 3.8) is 0 Å². The molecule has 0 aromatic carbocycles. The van der Waals surface area contributed by atoms with E-state index in [9.17, 15) is 5.11 Å². The molecule has 0 aliphatic heterocycles. The summed E-state index contributed by atoms with van der Waals surface area (Å²) in [6.45, 7) is 5.73. The number of hydrogen-bond donors (Lipinski definition) is 1. The van der Waals surface area contributed by atoms with Crippen LogP contribution in [0.15, 0.2) is 12.1 Å². The van der Waals surface area contributed by atoms with Gasteiger partial charge in [0.2, 0.25) is 0 Å². The fourth-order valence-corrected chi connectivity index (χ4v) is 2.22. The molecule has 0 saturated heterocycles. The highest BCUT2D eigenvalue weighted by atomic mass is 32.1. The Balaban J connectivity index is 2.68. The molecule has 1 rings (SSSR count). The van der Waals surface area contributed by atoms with E-state index in [1.807, 2.05) is 26.0 Å². The topological polar surface area (TPSA) is 20.2 Å². The van der Waals surface area contributed by atoms with Crippen LogP contribution >= 0.6 is 11.3 Å². The summed E-state index contributed by atoms with van der Waals surface area (Å²) in [6, 6.07) is 4.04. The largest absolute Gasteiger partial charge is 0.385 e. The number of aliphatic hydroxyl groups is 1. The van der Waals surface area contributed by atoms with Crippen molar-refractivity contribution in [1.82, 2.24) is 0 Å². The summed E-state index contributed by atoms with van der Waals surface area (Å²) >= 11 is 1.65. The fourth-order valence-electron chi connectivity index (χ4n) is 1.28. The first-order valence-corrected chi connectivity index (χ1v) is 5.57. The van der Waals surface area contributed by atoms with Gasteiger partial charge in [0.25, 0.3) is 0 Å². The zero-order chi connectivity index (χ0) is 10.6. The zero-order valence-electron chi connectivity index (χ0n) is 8.92. The highest BCUT2D eigenvalue weighted by Crippen LogP contribution is 2.31. The fraction of sp³-hybridized carbons (Fsp3) is 0.500. The molecule has 0 aliphatic rings. The predicted molar refractivity (Wildman–Crippen MR) is 61.3 cm³/mol. The second-order valence-electron chi connectivity index (χ2n) is 3.61. The van der Waals surface area contributed by atoms with Gasteiger partial charge in [0.1, 0.15) is 0 Å². The molecular formula is C12H16OS. The number of aryl methyl sites for hydroxylation is 1. The van der Waals surface area contributed by atoms with Crippen molar-refractivity contribution in [2.45, 2.75) is 39.2 Å². The van der Waals surface area contributed by atoms with E-state index in [2.05, 4.69) is 18.8 Å². The Morgan fingerprint density at radius 1 is 1.50 bits per heavy atom. The molecule has 0 aliphatic carbocycles. The molecule has 0 radical (unpaired) electrons. The molecule has 0 amide bonds. The van der Waals surface area contributed by atoms with Gasteiger partial charge in [0.05, 0.1) is 5.60 Å². The third-order valence-corrected chi connectivity index (χ3v) is 3.44. The van der Waals surface area contributed by atoms with Gasteiger partial charge in [-0.25, -0.2) is 0 Å². The lowest BCUT2D eigenvalue weighted by molar-refractivity contribution is 0.0532. The summed E-state index contributed by atoms with van der Waals surface area (Å²) in [5, 5.41) is 10.2. The van der Waals surface area contributed by atoms with Gasteiger partial charge in [0, 0.05) is 16.2 Å². The number of hydrogen-bond acceptors (Lipinski definition) is 2. The van der Waals surface area contributed by atoms with Gasteiger partial charge in [-0.05, 0) is 39.3 Å². The third kappa shape index (κ3) is 2.87. The van der Waals surface area contributed by atoms with Crippen LogP contribution in [0.1, 0.15) is 36.4 Å². The minimum absolute atomic E-state index is 0.702. The first-order valence-electron chi connectivity index (χ1n) is 4.75. The predicted octanol–water partition coefficient (Wildman–Crippen LogP) is 3.07. The molecule has 1 N–H and O–H groups in total. The van der Waals surface area contributed by atoms with Crippen LogP contribution in [0.2, 0.25) is 0 Å². The molecule has 1 aromatic heterocycles. The Labute approximate surface area is 89.8 Å². The Hall–Kier alpha value is -0.780. The minimum Gasteiger partial charge on any atom is -0.385 e. The molecule has 76 valence electrons. The standard InChI is InChI=1S/C12H16OS/c1-4-5-6-9-12(3,13)11-8-7-10(2)14-11/h7-8,13H,6,9H2,1-3H3. The molecule has 0 spiro atoms. The molecule has 1 heterocycles. The Bertz CT molecular complexity index is 352. The zero-order valence-corrected chi connectivity index (χ0v) is 9.74. The maximum atomic E-state index is 10.2. The van der Waals surface area contributed by atoms with E-state index in [-0.39, 0.29) is 0 Å². The van der Waals surface area contributed by atoms with Crippen molar-refractivity contribution in [3.8, 4) is 11.8 Å². The van der Waals surface area contributed by atoms with Crippen molar-refractivity contribution >= 4 is 11.3 Å². The highest BCUT2D eigenvalue weighted by Gasteiger charge is 2.23. The second-order valence-corrected chi connectivity index (χ2v) is 4.90. The van der Waals surface area contributed by atoms with Crippen molar-refractivity contribution in [1.29, 1.82) is 0 Å². The molecule has 1 atom stereocenters.